The minimum atomic E-state index is -4.48. The first-order chi connectivity index (χ1) is 10.5. The second-order valence-electron chi connectivity index (χ2n) is 5.98. The first-order valence-electron chi connectivity index (χ1n) is 7.47. The summed E-state index contributed by atoms with van der Waals surface area (Å²) in [6, 6.07) is 5.40. The highest BCUT2D eigenvalue weighted by molar-refractivity contribution is 5.56. The van der Waals surface area contributed by atoms with Crippen LogP contribution in [0, 0.1) is 17.2 Å². The lowest BCUT2D eigenvalue weighted by Gasteiger charge is -2.31. The third-order valence-corrected chi connectivity index (χ3v) is 4.28. The second-order valence-corrected chi connectivity index (χ2v) is 5.98. The molecule has 2 atom stereocenters. The van der Waals surface area contributed by atoms with E-state index in [1.165, 1.54) is 12.1 Å². The van der Waals surface area contributed by atoms with E-state index in [0.29, 0.717) is 18.9 Å². The minimum absolute atomic E-state index is 0.0145. The Bertz CT molecular complexity index is 590. The van der Waals surface area contributed by atoms with Crippen LogP contribution >= 0.6 is 0 Å². The molecule has 1 saturated heterocycles. The summed E-state index contributed by atoms with van der Waals surface area (Å²) in [4.78, 5) is 0. The van der Waals surface area contributed by atoms with Crippen LogP contribution in [0.25, 0.3) is 0 Å². The van der Waals surface area contributed by atoms with Gasteiger partial charge in [0.2, 0.25) is 0 Å². The molecular formula is C16H17F3N2O. The van der Waals surface area contributed by atoms with Crippen LogP contribution < -0.4 is 5.32 Å². The molecule has 118 valence electrons. The van der Waals surface area contributed by atoms with Crippen molar-refractivity contribution in [1.82, 2.24) is 0 Å². The van der Waals surface area contributed by atoms with Crippen molar-refractivity contribution in [3.05, 3.63) is 29.3 Å². The van der Waals surface area contributed by atoms with E-state index in [-0.39, 0.29) is 23.4 Å². The van der Waals surface area contributed by atoms with Crippen molar-refractivity contribution >= 4 is 5.69 Å². The molecule has 2 fully saturated rings. The van der Waals surface area contributed by atoms with Gasteiger partial charge in [-0.1, -0.05) is 0 Å². The highest BCUT2D eigenvalue weighted by atomic mass is 19.4. The summed E-state index contributed by atoms with van der Waals surface area (Å²) in [5, 5.41) is 11.8. The van der Waals surface area contributed by atoms with Crippen molar-refractivity contribution in [2.24, 2.45) is 5.92 Å². The highest BCUT2D eigenvalue weighted by Gasteiger charge is 2.37. The summed E-state index contributed by atoms with van der Waals surface area (Å²) in [5.74, 6) is 0.577. The number of nitrogens with zero attached hydrogens (tertiary/aromatic N) is 1. The third-order valence-electron chi connectivity index (χ3n) is 4.28. The van der Waals surface area contributed by atoms with Gasteiger partial charge in [-0.25, -0.2) is 0 Å². The number of alkyl halides is 3. The van der Waals surface area contributed by atoms with E-state index in [2.05, 4.69) is 5.32 Å². The van der Waals surface area contributed by atoms with Gasteiger partial charge in [0, 0.05) is 18.3 Å². The van der Waals surface area contributed by atoms with Gasteiger partial charge in [-0.15, -0.1) is 0 Å². The zero-order valence-corrected chi connectivity index (χ0v) is 12.0. The first kappa shape index (κ1) is 15.2. The minimum Gasteiger partial charge on any atom is -0.382 e. The summed E-state index contributed by atoms with van der Waals surface area (Å²) in [5.41, 5.74) is -0.713. The molecule has 1 N–H and O–H groups in total. The summed E-state index contributed by atoms with van der Waals surface area (Å²) in [6.07, 6.45) is -0.568. The molecule has 1 aliphatic heterocycles. The Balaban J connectivity index is 1.77. The van der Waals surface area contributed by atoms with Crippen LogP contribution in [0.3, 0.4) is 0 Å². The number of rotatable bonds is 3. The molecule has 2 unspecified atom stereocenters. The zero-order chi connectivity index (χ0) is 15.7. The Morgan fingerprint density at radius 3 is 2.64 bits per heavy atom. The molecule has 2 aliphatic rings. The molecule has 6 heteroatoms. The van der Waals surface area contributed by atoms with Crippen LogP contribution in [0.2, 0.25) is 0 Å². The topological polar surface area (TPSA) is 45.0 Å². The molecule has 1 saturated carbocycles. The molecular weight excluding hydrogens is 293 g/mol. The Labute approximate surface area is 127 Å². The summed E-state index contributed by atoms with van der Waals surface area (Å²) in [6.45, 7) is 0.580. The number of anilines is 1. The van der Waals surface area contributed by atoms with Crippen molar-refractivity contribution in [2.45, 2.75) is 44.0 Å². The molecule has 0 bridgehead atoms. The maximum absolute atomic E-state index is 13.2. The van der Waals surface area contributed by atoms with Crippen LogP contribution in [0.1, 0.15) is 36.8 Å². The maximum Gasteiger partial charge on any atom is 0.418 e. The highest BCUT2D eigenvalue weighted by Crippen LogP contribution is 2.40. The van der Waals surface area contributed by atoms with E-state index < -0.39 is 11.7 Å². The van der Waals surface area contributed by atoms with Crippen molar-refractivity contribution < 1.29 is 17.9 Å². The Hall–Kier alpha value is -1.74. The number of benzene rings is 1. The van der Waals surface area contributed by atoms with Gasteiger partial charge in [0.05, 0.1) is 23.3 Å². The summed E-state index contributed by atoms with van der Waals surface area (Å²) in [7, 11) is 0. The Morgan fingerprint density at radius 2 is 2.00 bits per heavy atom. The van der Waals surface area contributed by atoms with Gasteiger partial charge in [0.25, 0.3) is 0 Å². The van der Waals surface area contributed by atoms with Gasteiger partial charge in [0.1, 0.15) is 0 Å². The number of halogens is 3. The second kappa shape index (κ2) is 5.81. The molecule has 1 heterocycles. The lowest BCUT2D eigenvalue weighted by atomic mass is 9.99. The van der Waals surface area contributed by atoms with Crippen LogP contribution in [-0.4, -0.2) is 18.8 Å². The predicted molar refractivity (Wildman–Crippen MR) is 75.3 cm³/mol. The monoisotopic (exact) mass is 310 g/mol. The van der Waals surface area contributed by atoms with Crippen molar-refractivity contribution in [3.8, 4) is 6.07 Å². The molecule has 3 rings (SSSR count). The maximum atomic E-state index is 13.2. The summed E-state index contributed by atoms with van der Waals surface area (Å²) >= 11 is 0. The molecule has 3 nitrogen and oxygen atoms in total. The van der Waals surface area contributed by atoms with Crippen LogP contribution in [0.4, 0.5) is 18.9 Å². The third kappa shape index (κ3) is 3.36. The van der Waals surface area contributed by atoms with Crippen LogP contribution in [0.5, 0.6) is 0 Å². The average molecular weight is 310 g/mol. The van der Waals surface area contributed by atoms with Gasteiger partial charge in [-0.3, -0.25) is 0 Å². The molecule has 1 aromatic rings. The lowest BCUT2D eigenvalue weighted by Crippen LogP contribution is -2.35. The van der Waals surface area contributed by atoms with Gasteiger partial charge in [0.15, 0.2) is 0 Å². The van der Waals surface area contributed by atoms with Crippen LogP contribution in [0.15, 0.2) is 18.2 Å². The van der Waals surface area contributed by atoms with Crippen molar-refractivity contribution in [1.29, 1.82) is 5.26 Å². The first-order valence-corrected chi connectivity index (χ1v) is 7.47. The summed E-state index contributed by atoms with van der Waals surface area (Å²) < 4.78 is 45.2. The van der Waals surface area contributed by atoms with Gasteiger partial charge < -0.3 is 10.1 Å². The molecule has 1 aliphatic carbocycles. The molecule has 1 aromatic carbocycles. The van der Waals surface area contributed by atoms with E-state index >= 15 is 0 Å². The number of nitrogens with one attached hydrogen (secondary N) is 1. The lowest BCUT2D eigenvalue weighted by molar-refractivity contribution is -0.137. The number of hydrogen-bond donors (Lipinski definition) is 1. The van der Waals surface area contributed by atoms with Gasteiger partial charge in [-0.05, 0) is 49.8 Å². The van der Waals surface area contributed by atoms with E-state index in [1.807, 2.05) is 0 Å². The molecule has 0 amide bonds. The Kier molecular flexibility index (Phi) is 4.00. The number of ether oxygens (including phenoxy) is 1. The fourth-order valence-corrected chi connectivity index (χ4v) is 2.95. The van der Waals surface area contributed by atoms with Crippen LogP contribution in [-0.2, 0) is 10.9 Å². The van der Waals surface area contributed by atoms with Gasteiger partial charge >= 0.3 is 6.18 Å². The van der Waals surface area contributed by atoms with E-state index in [9.17, 15) is 13.2 Å². The fraction of sp³-hybridized carbons (Fsp3) is 0.562. The fourth-order valence-electron chi connectivity index (χ4n) is 2.95. The normalized spacial score (nSPS) is 25.5. The molecule has 0 spiro atoms. The predicted octanol–water partition coefficient (Wildman–Crippen LogP) is 3.95. The zero-order valence-electron chi connectivity index (χ0n) is 12.0. The Morgan fingerprint density at radius 1 is 1.23 bits per heavy atom. The quantitative estimate of drug-likeness (QED) is 0.919. The molecule has 0 radical (unpaired) electrons. The van der Waals surface area contributed by atoms with Crippen molar-refractivity contribution in [3.63, 3.8) is 0 Å². The van der Waals surface area contributed by atoms with Crippen molar-refractivity contribution in [2.75, 3.05) is 11.9 Å². The number of nitriles is 1. The smallest absolute Gasteiger partial charge is 0.382 e. The largest absolute Gasteiger partial charge is 0.418 e. The number of hydrogen-bond acceptors (Lipinski definition) is 3. The van der Waals surface area contributed by atoms with E-state index in [4.69, 9.17) is 10.00 Å². The average Bonchev–Trinajstić information content (AvgIpc) is 3.31. The molecule has 0 aromatic heterocycles. The SMILES string of the molecule is N#Cc1ccc(NC2CCOC(C3CC3)C2)c(C(F)(F)F)c1. The standard InChI is InChI=1S/C16H17F3N2O/c17-16(18,19)13-7-10(9-20)1-4-14(13)21-12-5-6-22-15(8-12)11-2-3-11/h1,4,7,11-12,15,21H,2-3,5-6,8H2. The van der Waals surface area contributed by atoms with E-state index in [1.54, 1.807) is 6.07 Å². The van der Waals surface area contributed by atoms with Gasteiger partial charge in [-0.2, -0.15) is 18.4 Å². The molecule has 22 heavy (non-hydrogen) atoms. The van der Waals surface area contributed by atoms with E-state index in [0.717, 1.165) is 25.3 Å².